The van der Waals surface area contributed by atoms with Crippen molar-refractivity contribution in [3.05, 3.63) is 21.4 Å². The fourth-order valence-corrected chi connectivity index (χ4v) is 3.77. The Kier molecular flexibility index (Phi) is 5.39. The van der Waals surface area contributed by atoms with Crippen molar-refractivity contribution >= 4 is 23.2 Å². The maximum atomic E-state index is 12.4. The Morgan fingerprint density at radius 1 is 1.24 bits per heavy atom. The number of hydrogen-bond donors (Lipinski definition) is 1. The Morgan fingerprint density at radius 3 is 2.62 bits per heavy atom. The molecule has 5 heteroatoms. The van der Waals surface area contributed by atoms with Crippen LogP contribution in [0.4, 0.5) is 0 Å². The fraction of sp³-hybridized carbons (Fsp3) is 0.625. The van der Waals surface area contributed by atoms with Crippen molar-refractivity contribution in [1.29, 1.82) is 0 Å². The third-order valence-corrected chi connectivity index (χ3v) is 5.11. The van der Waals surface area contributed by atoms with Crippen molar-refractivity contribution < 1.29 is 14.3 Å². The quantitative estimate of drug-likeness (QED) is 0.687. The Hall–Kier alpha value is -1.36. The van der Waals surface area contributed by atoms with Crippen LogP contribution in [-0.4, -0.2) is 25.0 Å². The van der Waals surface area contributed by atoms with Gasteiger partial charge in [0.15, 0.2) is 0 Å². The van der Waals surface area contributed by atoms with E-state index in [0.717, 1.165) is 12.8 Å². The van der Waals surface area contributed by atoms with Gasteiger partial charge in [-0.2, -0.15) is 0 Å². The van der Waals surface area contributed by atoms with Crippen LogP contribution in [0.2, 0.25) is 0 Å². The van der Waals surface area contributed by atoms with Crippen LogP contribution in [0.1, 0.15) is 53.2 Å². The molecule has 116 valence electrons. The minimum Gasteiger partial charge on any atom is -0.467 e. The average molecular weight is 309 g/mol. The van der Waals surface area contributed by atoms with Gasteiger partial charge in [0.05, 0.1) is 12.0 Å². The van der Waals surface area contributed by atoms with Crippen molar-refractivity contribution in [2.75, 3.05) is 7.11 Å². The molecule has 0 aromatic carbocycles. The van der Waals surface area contributed by atoms with E-state index >= 15 is 0 Å². The smallest absolute Gasteiger partial charge is 0.328 e. The number of aryl methyl sites for hydroxylation is 2. The molecule has 1 N–H and O–H groups in total. The summed E-state index contributed by atoms with van der Waals surface area (Å²) < 4.78 is 4.76. The predicted molar refractivity (Wildman–Crippen MR) is 83.7 cm³/mol. The molecule has 1 aliphatic rings. The van der Waals surface area contributed by atoms with Gasteiger partial charge in [-0.1, -0.05) is 20.3 Å². The van der Waals surface area contributed by atoms with Crippen molar-refractivity contribution in [2.24, 2.45) is 5.92 Å². The van der Waals surface area contributed by atoms with Crippen LogP contribution >= 0.6 is 11.3 Å². The summed E-state index contributed by atoms with van der Waals surface area (Å²) in [6.45, 7) is 3.79. The van der Waals surface area contributed by atoms with Crippen LogP contribution in [0.15, 0.2) is 6.07 Å². The van der Waals surface area contributed by atoms with Gasteiger partial charge in [-0.15, -0.1) is 11.3 Å². The summed E-state index contributed by atoms with van der Waals surface area (Å²) in [5, 5.41) is 2.81. The Labute approximate surface area is 129 Å². The number of ether oxygens (including phenoxy) is 1. The van der Waals surface area contributed by atoms with E-state index in [1.54, 1.807) is 11.3 Å². The zero-order valence-electron chi connectivity index (χ0n) is 12.9. The second kappa shape index (κ2) is 7.07. The highest BCUT2D eigenvalue weighted by atomic mass is 32.1. The molecule has 0 saturated heterocycles. The number of rotatable bonds is 4. The Morgan fingerprint density at radius 2 is 1.95 bits per heavy atom. The number of carbonyl (C=O) groups is 2. The summed E-state index contributed by atoms with van der Waals surface area (Å²) in [4.78, 5) is 26.1. The van der Waals surface area contributed by atoms with Gasteiger partial charge in [0.25, 0.3) is 5.91 Å². The number of hydrogen-bond acceptors (Lipinski definition) is 4. The Bertz CT molecular complexity index is 498. The lowest BCUT2D eigenvalue weighted by Crippen LogP contribution is -2.44. The van der Waals surface area contributed by atoms with E-state index in [0.29, 0.717) is 4.88 Å². The van der Waals surface area contributed by atoms with Gasteiger partial charge in [-0.3, -0.25) is 4.79 Å². The van der Waals surface area contributed by atoms with E-state index in [1.807, 2.05) is 19.9 Å². The van der Waals surface area contributed by atoms with Crippen LogP contribution < -0.4 is 5.32 Å². The van der Waals surface area contributed by atoms with Gasteiger partial charge in [0, 0.05) is 4.88 Å². The van der Waals surface area contributed by atoms with E-state index < -0.39 is 12.0 Å². The maximum Gasteiger partial charge on any atom is 0.328 e. The molecule has 1 unspecified atom stereocenters. The number of thiophene rings is 1. The highest BCUT2D eigenvalue weighted by Gasteiger charge is 2.26. The molecule has 0 saturated carbocycles. The second-order valence-corrected chi connectivity index (χ2v) is 6.97. The molecule has 21 heavy (non-hydrogen) atoms. The molecule has 0 spiro atoms. The molecule has 1 amide bonds. The topological polar surface area (TPSA) is 55.4 Å². The normalized spacial score (nSPS) is 16.0. The third kappa shape index (κ3) is 3.84. The predicted octanol–water partition coefficient (Wildman–Crippen LogP) is 2.94. The highest BCUT2D eigenvalue weighted by Crippen LogP contribution is 2.29. The molecular weight excluding hydrogens is 286 g/mol. The summed E-state index contributed by atoms with van der Waals surface area (Å²) in [5.41, 5.74) is 1.31. The molecule has 1 atom stereocenters. The largest absolute Gasteiger partial charge is 0.467 e. The zero-order valence-corrected chi connectivity index (χ0v) is 13.7. The van der Waals surface area contributed by atoms with Gasteiger partial charge in [0.1, 0.15) is 6.04 Å². The second-order valence-electron chi connectivity index (χ2n) is 5.84. The molecule has 0 radical (unpaired) electrons. The van der Waals surface area contributed by atoms with Crippen LogP contribution in [0.3, 0.4) is 0 Å². The summed E-state index contributed by atoms with van der Waals surface area (Å²) in [6, 6.07) is 1.40. The van der Waals surface area contributed by atoms with Crippen LogP contribution in [0.5, 0.6) is 0 Å². The van der Waals surface area contributed by atoms with E-state index in [1.165, 1.54) is 36.8 Å². The standard InChI is InChI=1S/C16H23NO3S/c1-10(2)14(16(19)20-3)17-15(18)13-9-11-7-5-4-6-8-12(11)21-13/h9-10,14H,4-8H2,1-3H3,(H,17,18). The van der Waals surface area contributed by atoms with Crippen molar-refractivity contribution in [3.63, 3.8) is 0 Å². The first-order chi connectivity index (χ1) is 10.0. The number of amides is 1. The lowest BCUT2D eigenvalue weighted by atomic mass is 10.0. The van der Waals surface area contributed by atoms with Gasteiger partial charge in [0.2, 0.25) is 0 Å². The van der Waals surface area contributed by atoms with Crippen molar-refractivity contribution in [3.8, 4) is 0 Å². The summed E-state index contributed by atoms with van der Waals surface area (Å²) in [6.07, 6.45) is 5.79. The lowest BCUT2D eigenvalue weighted by molar-refractivity contribution is -0.144. The average Bonchev–Trinajstić information content (AvgIpc) is 2.74. The minimum atomic E-state index is -0.593. The van der Waals surface area contributed by atoms with Crippen molar-refractivity contribution in [2.45, 2.75) is 52.0 Å². The van der Waals surface area contributed by atoms with Crippen LogP contribution in [0, 0.1) is 5.92 Å². The van der Waals surface area contributed by atoms with E-state index in [2.05, 4.69) is 5.32 Å². The summed E-state index contributed by atoms with van der Waals surface area (Å²) >= 11 is 1.57. The molecule has 4 nitrogen and oxygen atoms in total. The van der Waals surface area contributed by atoms with Crippen LogP contribution in [-0.2, 0) is 22.4 Å². The molecular formula is C16H23NO3S. The molecule has 0 aliphatic heterocycles. The molecule has 1 aromatic rings. The monoisotopic (exact) mass is 309 g/mol. The van der Waals surface area contributed by atoms with Gasteiger partial charge in [-0.05, 0) is 43.2 Å². The maximum absolute atomic E-state index is 12.4. The zero-order chi connectivity index (χ0) is 15.4. The Balaban J connectivity index is 2.11. The van der Waals surface area contributed by atoms with E-state index in [-0.39, 0.29) is 11.8 Å². The number of methoxy groups -OCH3 is 1. The first-order valence-electron chi connectivity index (χ1n) is 7.53. The first-order valence-corrected chi connectivity index (χ1v) is 8.35. The van der Waals surface area contributed by atoms with E-state index in [4.69, 9.17) is 4.74 Å². The van der Waals surface area contributed by atoms with Crippen LogP contribution in [0.25, 0.3) is 0 Å². The number of carbonyl (C=O) groups excluding carboxylic acids is 2. The number of nitrogens with one attached hydrogen (secondary N) is 1. The van der Waals surface area contributed by atoms with Gasteiger partial charge >= 0.3 is 5.97 Å². The number of esters is 1. The summed E-state index contributed by atoms with van der Waals surface area (Å²) in [5.74, 6) is -0.562. The minimum absolute atomic E-state index is 0.000753. The van der Waals surface area contributed by atoms with E-state index in [9.17, 15) is 9.59 Å². The lowest BCUT2D eigenvalue weighted by Gasteiger charge is -2.19. The molecule has 0 bridgehead atoms. The molecule has 1 heterocycles. The van der Waals surface area contributed by atoms with Gasteiger partial charge < -0.3 is 10.1 Å². The van der Waals surface area contributed by atoms with Gasteiger partial charge in [-0.25, -0.2) is 4.79 Å². The van der Waals surface area contributed by atoms with Crippen molar-refractivity contribution in [1.82, 2.24) is 5.32 Å². The fourth-order valence-electron chi connectivity index (χ4n) is 2.62. The molecule has 1 aromatic heterocycles. The molecule has 1 aliphatic carbocycles. The molecule has 0 fully saturated rings. The first kappa shape index (κ1) is 16.0. The number of fused-ring (bicyclic) bond motifs is 1. The highest BCUT2D eigenvalue weighted by molar-refractivity contribution is 7.14. The third-order valence-electron chi connectivity index (χ3n) is 3.88. The molecule has 2 rings (SSSR count). The summed E-state index contributed by atoms with van der Waals surface area (Å²) in [7, 11) is 1.34. The SMILES string of the molecule is COC(=O)C(NC(=O)c1cc2c(s1)CCCCC2)C(C)C.